The Kier molecular flexibility index (Phi) is 6.64. The normalized spacial score (nSPS) is 10.6. The molecule has 8 heteroatoms. The molecule has 168 valence electrons. The van der Waals surface area contributed by atoms with E-state index in [-0.39, 0.29) is 18.1 Å². The van der Waals surface area contributed by atoms with Crippen LogP contribution in [-0.2, 0) is 13.0 Å². The second-order valence-electron chi connectivity index (χ2n) is 7.28. The zero-order chi connectivity index (χ0) is 23.2. The zero-order valence-corrected chi connectivity index (χ0v) is 18.3. The summed E-state index contributed by atoms with van der Waals surface area (Å²) in [7, 11) is 3.10. The molecule has 33 heavy (non-hydrogen) atoms. The van der Waals surface area contributed by atoms with Crippen LogP contribution in [0.1, 0.15) is 15.9 Å². The van der Waals surface area contributed by atoms with Gasteiger partial charge in [0.2, 0.25) is 5.95 Å². The van der Waals surface area contributed by atoms with E-state index in [0.29, 0.717) is 29.8 Å². The maximum atomic E-state index is 13.2. The fourth-order valence-corrected chi connectivity index (χ4v) is 3.33. The SMILES string of the molecule is COc1ccc(CC(=O)n2nc(-c3ccccc3)nc2NCc2ccc(F)cc2)cc1OC. The summed E-state index contributed by atoms with van der Waals surface area (Å²) in [5.74, 6) is 1.29. The summed E-state index contributed by atoms with van der Waals surface area (Å²) in [6.45, 7) is 0.358. The monoisotopic (exact) mass is 446 g/mol. The number of halogens is 1. The molecule has 1 aromatic heterocycles. The molecule has 0 spiro atoms. The van der Waals surface area contributed by atoms with Gasteiger partial charge in [0.15, 0.2) is 17.3 Å². The third kappa shape index (κ3) is 5.17. The number of anilines is 1. The number of nitrogens with one attached hydrogen (secondary N) is 1. The lowest BCUT2D eigenvalue weighted by atomic mass is 10.1. The minimum absolute atomic E-state index is 0.0865. The first-order chi connectivity index (χ1) is 16.1. The zero-order valence-electron chi connectivity index (χ0n) is 18.3. The van der Waals surface area contributed by atoms with Crippen LogP contribution in [0.3, 0.4) is 0 Å². The molecular formula is C25H23FN4O3. The van der Waals surface area contributed by atoms with E-state index in [2.05, 4.69) is 15.4 Å². The van der Waals surface area contributed by atoms with Crippen LogP contribution in [0.4, 0.5) is 10.3 Å². The highest BCUT2D eigenvalue weighted by Gasteiger charge is 2.18. The highest BCUT2D eigenvalue weighted by Crippen LogP contribution is 2.28. The van der Waals surface area contributed by atoms with Gasteiger partial charge in [-0.25, -0.2) is 4.39 Å². The van der Waals surface area contributed by atoms with E-state index in [1.165, 1.54) is 16.8 Å². The predicted molar refractivity (Wildman–Crippen MR) is 123 cm³/mol. The highest BCUT2D eigenvalue weighted by molar-refractivity contribution is 5.83. The average Bonchev–Trinajstić information content (AvgIpc) is 3.28. The molecule has 0 bridgehead atoms. The molecule has 1 heterocycles. The molecule has 7 nitrogen and oxygen atoms in total. The Morgan fingerprint density at radius 2 is 1.64 bits per heavy atom. The van der Waals surface area contributed by atoms with Crippen LogP contribution < -0.4 is 14.8 Å². The first-order valence-electron chi connectivity index (χ1n) is 10.3. The van der Waals surface area contributed by atoms with Gasteiger partial charge in [-0.1, -0.05) is 48.5 Å². The lowest BCUT2D eigenvalue weighted by molar-refractivity contribution is 0.0901. The van der Waals surface area contributed by atoms with Gasteiger partial charge in [-0.2, -0.15) is 9.67 Å². The van der Waals surface area contributed by atoms with Crippen molar-refractivity contribution < 1.29 is 18.7 Å². The van der Waals surface area contributed by atoms with Gasteiger partial charge in [-0.05, 0) is 35.4 Å². The number of rotatable bonds is 8. The average molecular weight is 446 g/mol. The van der Waals surface area contributed by atoms with Crippen LogP contribution in [0.25, 0.3) is 11.4 Å². The number of benzene rings is 3. The second kappa shape index (κ2) is 9.95. The van der Waals surface area contributed by atoms with Crippen LogP contribution in [0.2, 0.25) is 0 Å². The summed E-state index contributed by atoms with van der Waals surface area (Å²) >= 11 is 0. The summed E-state index contributed by atoms with van der Waals surface area (Å²) in [6.07, 6.45) is 0.0865. The molecule has 4 rings (SSSR count). The van der Waals surface area contributed by atoms with E-state index in [4.69, 9.17) is 9.47 Å². The van der Waals surface area contributed by atoms with Crippen molar-refractivity contribution in [3.8, 4) is 22.9 Å². The molecular weight excluding hydrogens is 423 g/mol. The third-order valence-electron chi connectivity index (χ3n) is 5.04. The minimum atomic E-state index is -0.307. The van der Waals surface area contributed by atoms with E-state index >= 15 is 0 Å². The Hall–Kier alpha value is -4.20. The Morgan fingerprint density at radius 3 is 2.33 bits per heavy atom. The highest BCUT2D eigenvalue weighted by atomic mass is 19.1. The molecule has 1 N–H and O–H groups in total. The molecule has 0 aliphatic rings. The fourth-order valence-electron chi connectivity index (χ4n) is 3.33. The summed E-state index contributed by atoms with van der Waals surface area (Å²) in [6, 6.07) is 20.9. The molecule has 0 aliphatic carbocycles. The van der Waals surface area contributed by atoms with Crippen molar-refractivity contribution in [2.24, 2.45) is 0 Å². The predicted octanol–water partition coefficient (Wildman–Crippen LogP) is 4.60. The van der Waals surface area contributed by atoms with Crippen LogP contribution >= 0.6 is 0 Å². The van der Waals surface area contributed by atoms with Gasteiger partial charge in [0.05, 0.1) is 20.6 Å². The summed E-state index contributed by atoms with van der Waals surface area (Å²) < 4.78 is 25.1. The van der Waals surface area contributed by atoms with Crippen LogP contribution in [0, 0.1) is 5.82 Å². The largest absolute Gasteiger partial charge is 0.493 e. The van der Waals surface area contributed by atoms with Crippen molar-refractivity contribution in [1.29, 1.82) is 0 Å². The number of ether oxygens (including phenoxy) is 2. The number of carbonyl (C=O) groups excluding carboxylic acids is 1. The van der Waals surface area contributed by atoms with Crippen molar-refractivity contribution in [2.75, 3.05) is 19.5 Å². The number of carbonyl (C=O) groups is 1. The Bertz CT molecular complexity index is 1240. The van der Waals surface area contributed by atoms with Gasteiger partial charge in [-0.3, -0.25) is 4.79 Å². The Balaban J connectivity index is 1.61. The number of aromatic nitrogens is 3. The van der Waals surface area contributed by atoms with Crippen molar-refractivity contribution in [3.63, 3.8) is 0 Å². The lowest BCUT2D eigenvalue weighted by Crippen LogP contribution is -2.18. The Labute approximate surface area is 190 Å². The van der Waals surface area contributed by atoms with E-state index < -0.39 is 0 Å². The van der Waals surface area contributed by atoms with Crippen LogP contribution in [0.5, 0.6) is 11.5 Å². The van der Waals surface area contributed by atoms with Crippen molar-refractivity contribution >= 4 is 11.9 Å². The van der Waals surface area contributed by atoms with E-state index in [1.807, 2.05) is 30.3 Å². The van der Waals surface area contributed by atoms with E-state index in [0.717, 1.165) is 16.7 Å². The number of nitrogens with zero attached hydrogens (tertiary/aromatic N) is 3. The number of hydrogen-bond acceptors (Lipinski definition) is 6. The summed E-state index contributed by atoms with van der Waals surface area (Å²) in [5.41, 5.74) is 2.39. The molecule has 0 fully saturated rings. The van der Waals surface area contributed by atoms with Gasteiger partial charge in [-0.15, -0.1) is 5.10 Å². The van der Waals surface area contributed by atoms with Crippen LogP contribution in [0.15, 0.2) is 72.8 Å². The molecule has 0 radical (unpaired) electrons. The second-order valence-corrected chi connectivity index (χ2v) is 7.28. The summed E-state index contributed by atoms with van der Waals surface area (Å²) in [4.78, 5) is 17.7. The topological polar surface area (TPSA) is 78.3 Å². The molecule has 0 saturated carbocycles. The van der Waals surface area contributed by atoms with E-state index in [9.17, 15) is 9.18 Å². The van der Waals surface area contributed by atoms with Crippen molar-refractivity contribution in [2.45, 2.75) is 13.0 Å². The van der Waals surface area contributed by atoms with Gasteiger partial charge < -0.3 is 14.8 Å². The first kappa shape index (κ1) is 22.0. The Morgan fingerprint density at radius 1 is 0.939 bits per heavy atom. The molecule has 0 aliphatic heterocycles. The molecule has 3 aromatic carbocycles. The van der Waals surface area contributed by atoms with Gasteiger partial charge in [0.1, 0.15) is 5.82 Å². The number of methoxy groups -OCH3 is 2. The lowest BCUT2D eigenvalue weighted by Gasteiger charge is -2.10. The maximum absolute atomic E-state index is 13.2. The van der Waals surface area contributed by atoms with Crippen molar-refractivity contribution in [1.82, 2.24) is 14.8 Å². The molecule has 0 saturated heterocycles. The standard InChI is InChI=1S/C25H23FN4O3/c1-32-21-13-10-18(14-22(21)33-2)15-23(31)30-25(27-16-17-8-11-20(26)12-9-17)28-24(29-30)19-6-4-3-5-7-19/h3-14H,15-16H2,1-2H3,(H,27,28,29). The van der Waals surface area contributed by atoms with Gasteiger partial charge in [0.25, 0.3) is 5.91 Å². The third-order valence-corrected chi connectivity index (χ3v) is 5.04. The fraction of sp³-hybridized carbons (Fsp3) is 0.160. The number of hydrogen-bond donors (Lipinski definition) is 1. The quantitative estimate of drug-likeness (QED) is 0.426. The van der Waals surface area contributed by atoms with Gasteiger partial charge in [0, 0.05) is 12.1 Å². The molecule has 0 atom stereocenters. The molecule has 4 aromatic rings. The van der Waals surface area contributed by atoms with Crippen LogP contribution in [-0.4, -0.2) is 34.9 Å². The van der Waals surface area contributed by atoms with Crippen molar-refractivity contribution in [3.05, 3.63) is 89.7 Å². The molecule has 0 amide bonds. The molecule has 0 unspecified atom stereocenters. The minimum Gasteiger partial charge on any atom is -0.493 e. The smallest absolute Gasteiger partial charge is 0.254 e. The van der Waals surface area contributed by atoms with E-state index in [1.54, 1.807) is 44.6 Å². The summed E-state index contributed by atoms with van der Waals surface area (Å²) in [5, 5.41) is 7.60. The maximum Gasteiger partial charge on any atom is 0.254 e. The van der Waals surface area contributed by atoms with Gasteiger partial charge >= 0.3 is 0 Å². The first-order valence-corrected chi connectivity index (χ1v) is 10.3.